The van der Waals surface area contributed by atoms with E-state index in [9.17, 15) is 0 Å². The maximum Gasteiger partial charge on any atom is 0.231 e. The van der Waals surface area contributed by atoms with E-state index in [2.05, 4.69) is 24.1 Å². The summed E-state index contributed by atoms with van der Waals surface area (Å²) in [6, 6.07) is 4.88. The molecule has 1 aromatic rings. The Hall–Kier alpha value is -1.13. The molecule has 1 N–H and O–H groups in total. The van der Waals surface area contributed by atoms with Gasteiger partial charge >= 0.3 is 0 Å². The van der Waals surface area contributed by atoms with Crippen LogP contribution in [-0.2, 0) is 0 Å². The number of benzene rings is 1. The fourth-order valence-corrected chi connectivity index (χ4v) is 3.02. The van der Waals surface area contributed by atoms with Gasteiger partial charge in [-0.1, -0.05) is 11.6 Å². The number of fused-ring (bicyclic) bond motifs is 1. The average Bonchev–Trinajstić information content (AvgIpc) is 2.87. The molecule has 0 saturated carbocycles. The highest BCUT2D eigenvalue weighted by atomic mass is 35.5. The van der Waals surface area contributed by atoms with Gasteiger partial charge in [0.1, 0.15) is 0 Å². The largest absolute Gasteiger partial charge is 0.454 e. The van der Waals surface area contributed by atoms with E-state index < -0.39 is 0 Å². The molecule has 0 aromatic heterocycles. The minimum absolute atomic E-state index is 0.280. The van der Waals surface area contributed by atoms with Crippen LogP contribution in [-0.4, -0.2) is 36.9 Å². The third-order valence-electron chi connectivity index (χ3n) is 4.08. The lowest BCUT2D eigenvalue weighted by molar-refractivity contribution is 0.174. The van der Waals surface area contributed by atoms with Crippen molar-refractivity contribution in [3.8, 4) is 11.5 Å². The predicted octanol–water partition coefficient (Wildman–Crippen LogP) is 3.35. The molecule has 110 valence electrons. The van der Waals surface area contributed by atoms with Crippen molar-refractivity contribution >= 4 is 17.3 Å². The van der Waals surface area contributed by atoms with Gasteiger partial charge in [0.15, 0.2) is 11.5 Å². The third-order valence-corrected chi connectivity index (χ3v) is 4.39. The second kappa shape index (κ2) is 5.70. The van der Waals surface area contributed by atoms with Crippen molar-refractivity contribution in [2.75, 3.05) is 25.2 Å². The first-order valence-electron chi connectivity index (χ1n) is 7.23. The molecule has 1 saturated heterocycles. The van der Waals surface area contributed by atoms with Gasteiger partial charge in [0.25, 0.3) is 0 Å². The summed E-state index contributed by atoms with van der Waals surface area (Å²) in [5, 5.41) is 4.24. The number of hydrogen-bond acceptors (Lipinski definition) is 4. The summed E-state index contributed by atoms with van der Waals surface area (Å²) in [5.74, 6) is 1.51. The number of anilines is 1. The molecule has 0 amide bonds. The van der Waals surface area contributed by atoms with Gasteiger partial charge < -0.3 is 19.7 Å². The number of hydrogen-bond donors (Lipinski definition) is 1. The van der Waals surface area contributed by atoms with E-state index in [0.717, 1.165) is 43.1 Å². The maximum atomic E-state index is 6.30. The van der Waals surface area contributed by atoms with Crippen molar-refractivity contribution in [3.05, 3.63) is 17.2 Å². The van der Waals surface area contributed by atoms with Crippen LogP contribution in [0.25, 0.3) is 0 Å². The SMILES string of the molecule is CC(C)N1CCC(Nc2cc3c(cc2Cl)OCO3)CC1. The molecule has 3 rings (SSSR count). The molecule has 5 heteroatoms. The number of nitrogens with one attached hydrogen (secondary N) is 1. The number of likely N-dealkylation sites (tertiary alicyclic amines) is 1. The van der Waals surface area contributed by atoms with Crippen LogP contribution in [0.2, 0.25) is 5.02 Å². The Morgan fingerprint density at radius 1 is 1.20 bits per heavy atom. The first-order valence-corrected chi connectivity index (χ1v) is 7.61. The van der Waals surface area contributed by atoms with Crippen LogP contribution >= 0.6 is 11.6 Å². The molecule has 2 heterocycles. The van der Waals surface area contributed by atoms with E-state index in [1.54, 1.807) is 0 Å². The molecule has 1 aromatic carbocycles. The van der Waals surface area contributed by atoms with Gasteiger partial charge in [-0.15, -0.1) is 0 Å². The average molecular weight is 297 g/mol. The lowest BCUT2D eigenvalue weighted by Gasteiger charge is -2.35. The minimum Gasteiger partial charge on any atom is -0.454 e. The van der Waals surface area contributed by atoms with Gasteiger partial charge in [0.2, 0.25) is 6.79 Å². The van der Waals surface area contributed by atoms with Crippen LogP contribution in [0.1, 0.15) is 26.7 Å². The van der Waals surface area contributed by atoms with Crippen LogP contribution in [0.3, 0.4) is 0 Å². The summed E-state index contributed by atoms with van der Waals surface area (Å²) in [6.07, 6.45) is 2.28. The highest BCUT2D eigenvalue weighted by Crippen LogP contribution is 2.39. The fourth-order valence-electron chi connectivity index (χ4n) is 2.81. The summed E-state index contributed by atoms with van der Waals surface area (Å²) >= 11 is 6.30. The van der Waals surface area contributed by atoms with Crippen LogP contribution in [0.5, 0.6) is 11.5 Å². The molecule has 1 fully saturated rings. The Labute approximate surface area is 125 Å². The summed E-state index contributed by atoms with van der Waals surface area (Å²) < 4.78 is 10.7. The van der Waals surface area contributed by atoms with Gasteiger partial charge in [-0.25, -0.2) is 0 Å². The molecule has 0 aliphatic carbocycles. The van der Waals surface area contributed by atoms with E-state index in [1.165, 1.54) is 0 Å². The zero-order valence-electron chi connectivity index (χ0n) is 12.0. The van der Waals surface area contributed by atoms with E-state index in [-0.39, 0.29) is 6.79 Å². The second-order valence-corrected chi connectivity index (χ2v) is 6.14. The van der Waals surface area contributed by atoms with E-state index >= 15 is 0 Å². The minimum atomic E-state index is 0.280. The highest BCUT2D eigenvalue weighted by Gasteiger charge is 2.22. The fraction of sp³-hybridized carbons (Fsp3) is 0.600. The standard InChI is InChI=1S/C15H21ClN2O2/c1-10(2)18-5-3-11(4-6-18)17-13-8-15-14(7-12(13)16)19-9-20-15/h7-8,10-11,17H,3-6,9H2,1-2H3. The van der Waals surface area contributed by atoms with Crippen LogP contribution in [0.4, 0.5) is 5.69 Å². The highest BCUT2D eigenvalue weighted by molar-refractivity contribution is 6.33. The number of ether oxygens (including phenoxy) is 2. The first-order chi connectivity index (χ1) is 9.63. The first kappa shape index (κ1) is 13.8. The molecular weight excluding hydrogens is 276 g/mol. The van der Waals surface area contributed by atoms with Crippen molar-refractivity contribution in [3.63, 3.8) is 0 Å². The van der Waals surface area contributed by atoms with Gasteiger partial charge in [0.05, 0.1) is 10.7 Å². The monoisotopic (exact) mass is 296 g/mol. The summed E-state index contributed by atoms with van der Waals surface area (Å²) in [5.41, 5.74) is 0.943. The summed E-state index contributed by atoms with van der Waals surface area (Å²) in [7, 11) is 0. The predicted molar refractivity (Wildman–Crippen MR) is 80.9 cm³/mol. The Balaban J connectivity index is 1.64. The van der Waals surface area contributed by atoms with E-state index in [4.69, 9.17) is 21.1 Å². The summed E-state index contributed by atoms with van der Waals surface area (Å²) in [4.78, 5) is 2.51. The number of rotatable bonds is 3. The van der Waals surface area contributed by atoms with Crippen LogP contribution in [0, 0.1) is 0 Å². The number of halogens is 1. The normalized spacial score (nSPS) is 19.6. The van der Waals surface area contributed by atoms with Crippen molar-refractivity contribution in [1.82, 2.24) is 4.90 Å². The molecule has 0 spiro atoms. The quantitative estimate of drug-likeness (QED) is 0.927. The van der Waals surface area contributed by atoms with Gasteiger partial charge in [-0.3, -0.25) is 0 Å². The van der Waals surface area contributed by atoms with Gasteiger partial charge in [-0.2, -0.15) is 0 Å². The Kier molecular flexibility index (Phi) is 3.94. The maximum absolute atomic E-state index is 6.30. The second-order valence-electron chi connectivity index (χ2n) is 5.73. The molecular formula is C15H21ClN2O2. The van der Waals surface area contributed by atoms with E-state index in [1.807, 2.05) is 12.1 Å². The number of nitrogens with zero attached hydrogens (tertiary/aromatic N) is 1. The summed E-state index contributed by atoms with van der Waals surface area (Å²) in [6.45, 7) is 7.06. The van der Waals surface area contributed by atoms with Crippen LogP contribution in [0.15, 0.2) is 12.1 Å². The van der Waals surface area contributed by atoms with Crippen molar-refractivity contribution in [2.45, 2.75) is 38.8 Å². The van der Waals surface area contributed by atoms with Gasteiger partial charge in [0, 0.05) is 37.3 Å². The Morgan fingerprint density at radius 3 is 2.50 bits per heavy atom. The number of piperidine rings is 1. The Morgan fingerprint density at radius 2 is 1.85 bits per heavy atom. The Bertz CT molecular complexity index is 485. The molecule has 0 radical (unpaired) electrons. The zero-order valence-corrected chi connectivity index (χ0v) is 12.7. The molecule has 0 unspecified atom stereocenters. The molecule has 0 atom stereocenters. The lowest BCUT2D eigenvalue weighted by Crippen LogP contribution is -2.42. The molecule has 0 bridgehead atoms. The topological polar surface area (TPSA) is 33.7 Å². The molecule has 20 heavy (non-hydrogen) atoms. The lowest BCUT2D eigenvalue weighted by atomic mass is 10.0. The van der Waals surface area contributed by atoms with Crippen molar-refractivity contribution < 1.29 is 9.47 Å². The smallest absolute Gasteiger partial charge is 0.231 e. The van der Waals surface area contributed by atoms with E-state index in [0.29, 0.717) is 17.1 Å². The molecule has 4 nitrogen and oxygen atoms in total. The molecule has 2 aliphatic heterocycles. The van der Waals surface area contributed by atoms with Crippen molar-refractivity contribution in [2.24, 2.45) is 0 Å². The van der Waals surface area contributed by atoms with Gasteiger partial charge in [-0.05, 0) is 26.7 Å². The third kappa shape index (κ3) is 2.81. The molecule has 2 aliphatic rings. The van der Waals surface area contributed by atoms with Crippen molar-refractivity contribution in [1.29, 1.82) is 0 Å². The van der Waals surface area contributed by atoms with Crippen LogP contribution < -0.4 is 14.8 Å². The zero-order chi connectivity index (χ0) is 14.1.